The van der Waals surface area contributed by atoms with Gasteiger partial charge in [0.15, 0.2) is 0 Å². The maximum atomic E-state index is 5.55. The summed E-state index contributed by atoms with van der Waals surface area (Å²) < 4.78 is 7.91. The Balaban J connectivity index is 2.00. The van der Waals surface area contributed by atoms with Crippen LogP contribution in [0.25, 0.3) is 11.0 Å². The lowest BCUT2D eigenvalue weighted by Crippen LogP contribution is -2.43. The van der Waals surface area contributed by atoms with E-state index in [1.54, 1.807) is 0 Å². The fraction of sp³-hybridized carbons (Fsp3) is 0.562. The van der Waals surface area contributed by atoms with Crippen LogP contribution in [0.15, 0.2) is 24.3 Å². The van der Waals surface area contributed by atoms with E-state index in [4.69, 9.17) is 9.72 Å². The molecule has 0 saturated carbocycles. The van der Waals surface area contributed by atoms with Gasteiger partial charge in [-0.2, -0.15) is 0 Å². The molecule has 1 N–H and O–H groups in total. The van der Waals surface area contributed by atoms with E-state index in [2.05, 4.69) is 48.9 Å². The molecule has 0 amide bonds. The molecule has 108 valence electrons. The van der Waals surface area contributed by atoms with E-state index >= 15 is 0 Å². The number of para-hydroxylation sites is 2. The molecule has 1 aliphatic heterocycles. The minimum Gasteiger partial charge on any atom is -0.379 e. The summed E-state index contributed by atoms with van der Waals surface area (Å²) in [6.07, 6.45) is 0.909. The van der Waals surface area contributed by atoms with Gasteiger partial charge in [-0.05, 0) is 32.9 Å². The molecule has 1 aromatic carbocycles. The molecule has 2 heterocycles. The third kappa shape index (κ3) is 2.58. The van der Waals surface area contributed by atoms with Crippen LogP contribution in [-0.2, 0) is 16.7 Å². The molecule has 2 aromatic rings. The summed E-state index contributed by atoms with van der Waals surface area (Å²) in [6.45, 7) is 9.21. The minimum absolute atomic E-state index is 0.0287. The SMILES string of the molecule is CC(C)(C)n1c(CC2COCCN2)nc2ccccc21. The topological polar surface area (TPSA) is 39.1 Å². The van der Waals surface area contributed by atoms with Crippen molar-refractivity contribution < 1.29 is 4.74 Å². The van der Waals surface area contributed by atoms with Crippen LogP contribution in [0.5, 0.6) is 0 Å². The van der Waals surface area contributed by atoms with Crippen LogP contribution < -0.4 is 5.32 Å². The number of aromatic nitrogens is 2. The zero-order chi connectivity index (χ0) is 14.2. The molecule has 20 heavy (non-hydrogen) atoms. The molecule has 4 heteroatoms. The fourth-order valence-electron chi connectivity index (χ4n) is 2.93. The minimum atomic E-state index is 0.0287. The number of morpholine rings is 1. The number of rotatable bonds is 2. The molecule has 1 saturated heterocycles. The van der Waals surface area contributed by atoms with E-state index in [-0.39, 0.29) is 5.54 Å². The van der Waals surface area contributed by atoms with E-state index in [1.165, 1.54) is 5.52 Å². The lowest BCUT2D eigenvalue weighted by Gasteiger charge is -2.28. The van der Waals surface area contributed by atoms with Gasteiger partial charge in [0, 0.05) is 24.5 Å². The molecule has 0 spiro atoms. The molecule has 1 atom stereocenters. The number of imidazole rings is 1. The van der Waals surface area contributed by atoms with Gasteiger partial charge in [0.05, 0.1) is 24.2 Å². The summed E-state index contributed by atoms with van der Waals surface area (Å²) in [6, 6.07) is 8.74. The average Bonchev–Trinajstić information content (AvgIpc) is 2.77. The van der Waals surface area contributed by atoms with E-state index in [0.717, 1.165) is 37.5 Å². The smallest absolute Gasteiger partial charge is 0.112 e. The molecule has 3 rings (SSSR count). The van der Waals surface area contributed by atoms with Crippen molar-refractivity contribution in [2.24, 2.45) is 0 Å². The Hall–Kier alpha value is -1.39. The molecule has 0 aliphatic carbocycles. The van der Waals surface area contributed by atoms with Gasteiger partial charge >= 0.3 is 0 Å². The number of nitrogens with zero attached hydrogens (tertiary/aromatic N) is 2. The van der Waals surface area contributed by atoms with Crippen LogP contribution in [0.1, 0.15) is 26.6 Å². The summed E-state index contributed by atoms with van der Waals surface area (Å²) >= 11 is 0. The van der Waals surface area contributed by atoms with Gasteiger partial charge in [0.25, 0.3) is 0 Å². The monoisotopic (exact) mass is 273 g/mol. The number of fused-ring (bicyclic) bond motifs is 1. The van der Waals surface area contributed by atoms with Gasteiger partial charge in [-0.3, -0.25) is 0 Å². The molecule has 0 bridgehead atoms. The van der Waals surface area contributed by atoms with Crippen LogP contribution in [0, 0.1) is 0 Å². The van der Waals surface area contributed by atoms with Crippen molar-refractivity contribution in [3.8, 4) is 0 Å². The Morgan fingerprint density at radius 3 is 2.85 bits per heavy atom. The molecule has 4 nitrogen and oxygen atoms in total. The second-order valence-corrected chi connectivity index (χ2v) is 6.45. The third-order valence-electron chi connectivity index (χ3n) is 3.73. The van der Waals surface area contributed by atoms with E-state index < -0.39 is 0 Å². The first-order valence-electron chi connectivity index (χ1n) is 7.34. The number of hydrogen-bond donors (Lipinski definition) is 1. The van der Waals surface area contributed by atoms with Crippen molar-refractivity contribution in [3.05, 3.63) is 30.1 Å². The quantitative estimate of drug-likeness (QED) is 0.912. The summed E-state index contributed by atoms with van der Waals surface area (Å²) in [7, 11) is 0. The lowest BCUT2D eigenvalue weighted by atomic mass is 10.1. The first-order valence-corrected chi connectivity index (χ1v) is 7.34. The molecule has 1 fully saturated rings. The van der Waals surface area contributed by atoms with Crippen molar-refractivity contribution in [2.45, 2.75) is 38.8 Å². The van der Waals surface area contributed by atoms with Crippen LogP contribution in [0.4, 0.5) is 0 Å². The van der Waals surface area contributed by atoms with Crippen LogP contribution in [0.2, 0.25) is 0 Å². The first kappa shape index (κ1) is 13.6. The fourth-order valence-corrected chi connectivity index (χ4v) is 2.93. The van der Waals surface area contributed by atoms with Gasteiger partial charge in [0.1, 0.15) is 5.82 Å². The van der Waals surface area contributed by atoms with E-state index in [1.807, 2.05) is 6.07 Å². The van der Waals surface area contributed by atoms with Crippen LogP contribution in [-0.4, -0.2) is 35.4 Å². The number of hydrogen-bond acceptors (Lipinski definition) is 3. The molecular weight excluding hydrogens is 250 g/mol. The first-order chi connectivity index (χ1) is 9.55. The summed E-state index contributed by atoms with van der Waals surface area (Å²) in [5.74, 6) is 1.14. The predicted molar refractivity (Wildman–Crippen MR) is 81.0 cm³/mol. The number of ether oxygens (including phenoxy) is 1. The highest BCUT2D eigenvalue weighted by atomic mass is 16.5. The normalized spacial score (nSPS) is 20.4. The lowest BCUT2D eigenvalue weighted by molar-refractivity contribution is 0.0758. The van der Waals surface area contributed by atoms with E-state index in [9.17, 15) is 0 Å². The van der Waals surface area contributed by atoms with Gasteiger partial charge in [-0.1, -0.05) is 12.1 Å². The highest BCUT2D eigenvalue weighted by molar-refractivity contribution is 5.76. The molecule has 0 radical (unpaired) electrons. The van der Waals surface area contributed by atoms with Crippen LogP contribution in [0.3, 0.4) is 0 Å². The van der Waals surface area contributed by atoms with E-state index in [0.29, 0.717) is 6.04 Å². The van der Waals surface area contributed by atoms with Gasteiger partial charge in [-0.25, -0.2) is 4.98 Å². The molecule has 1 aliphatic rings. The van der Waals surface area contributed by atoms with Crippen molar-refractivity contribution in [3.63, 3.8) is 0 Å². The van der Waals surface area contributed by atoms with Crippen molar-refractivity contribution in [1.82, 2.24) is 14.9 Å². The predicted octanol–water partition coefficient (Wildman–Crippen LogP) is 2.32. The Morgan fingerprint density at radius 1 is 1.35 bits per heavy atom. The molecule has 1 aromatic heterocycles. The summed E-state index contributed by atoms with van der Waals surface area (Å²) in [5, 5.41) is 3.51. The second-order valence-electron chi connectivity index (χ2n) is 6.45. The van der Waals surface area contributed by atoms with Crippen molar-refractivity contribution in [2.75, 3.05) is 19.8 Å². The van der Waals surface area contributed by atoms with Gasteiger partial charge < -0.3 is 14.6 Å². The summed E-state index contributed by atoms with van der Waals surface area (Å²) in [4.78, 5) is 4.84. The highest BCUT2D eigenvalue weighted by Gasteiger charge is 2.24. The maximum absolute atomic E-state index is 5.55. The third-order valence-corrected chi connectivity index (χ3v) is 3.73. The zero-order valence-corrected chi connectivity index (χ0v) is 12.5. The maximum Gasteiger partial charge on any atom is 0.112 e. The largest absolute Gasteiger partial charge is 0.379 e. The Morgan fingerprint density at radius 2 is 2.15 bits per heavy atom. The van der Waals surface area contributed by atoms with Crippen molar-refractivity contribution in [1.29, 1.82) is 0 Å². The molecular formula is C16H23N3O. The van der Waals surface area contributed by atoms with Crippen LogP contribution >= 0.6 is 0 Å². The molecule has 1 unspecified atom stereocenters. The average molecular weight is 273 g/mol. The second kappa shape index (κ2) is 5.19. The van der Waals surface area contributed by atoms with Crippen molar-refractivity contribution >= 4 is 11.0 Å². The van der Waals surface area contributed by atoms with Gasteiger partial charge in [0.2, 0.25) is 0 Å². The Kier molecular flexibility index (Phi) is 3.52. The summed E-state index contributed by atoms with van der Waals surface area (Å²) in [5.41, 5.74) is 2.32. The zero-order valence-electron chi connectivity index (χ0n) is 12.5. The standard InChI is InChI=1S/C16H23N3O/c1-16(2,3)19-14-7-5-4-6-13(14)18-15(19)10-12-11-20-9-8-17-12/h4-7,12,17H,8-11H2,1-3H3. The number of nitrogens with one attached hydrogen (secondary N) is 1. The highest BCUT2D eigenvalue weighted by Crippen LogP contribution is 2.25. The van der Waals surface area contributed by atoms with Gasteiger partial charge in [-0.15, -0.1) is 0 Å². The number of benzene rings is 1. The Labute approximate surface area is 120 Å². The Bertz CT molecular complexity index is 591.